The molecule has 1 fully saturated rings. The smallest absolute Gasteiger partial charge is 0.335 e. The second kappa shape index (κ2) is 8.00. The van der Waals surface area contributed by atoms with Gasteiger partial charge in [-0.3, -0.25) is 4.79 Å². The maximum Gasteiger partial charge on any atom is 0.335 e. The fourth-order valence-corrected chi connectivity index (χ4v) is 3.51. The molecular weight excluding hydrogens is 376 g/mol. The quantitative estimate of drug-likeness (QED) is 0.672. The Kier molecular flexibility index (Phi) is 5.26. The van der Waals surface area contributed by atoms with E-state index in [1.165, 1.54) is 18.5 Å². The second-order valence-electron chi connectivity index (χ2n) is 7.06. The Morgan fingerprint density at radius 3 is 2.76 bits per heavy atom. The molecule has 1 aliphatic heterocycles. The standard InChI is InChI=1S/C19H22N6O4/c1-12-8-24(9-13(2)29-12)17-15-7-23-25(18(15)22-11-21-17)6-5-20-19(27)14-3-4-16(26)28-10-14/h3-4,7,10-13H,5-6,8-9H2,1-2H3,(H,20,27). The summed E-state index contributed by atoms with van der Waals surface area (Å²) in [7, 11) is 0. The van der Waals surface area contributed by atoms with Gasteiger partial charge in [-0.15, -0.1) is 0 Å². The van der Waals surface area contributed by atoms with E-state index in [0.29, 0.717) is 18.7 Å². The van der Waals surface area contributed by atoms with Gasteiger partial charge in [-0.1, -0.05) is 0 Å². The van der Waals surface area contributed by atoms with Crippen LogP contribution in [-0.4, -0.2) is 57.5 Å². The highest BCUT2D eigenvalue weighted by atomic mass is 16.5. The van der Waals surface area contributed by atoms with Crippen molar-refractivity contribution in [2.24, 2.45) is 0 Å². The van der Waals surface area contributed by atoms with Gasteiger partial charge in [-0.05, 0) is 19.9 Å². The minimum Gasteiger partial charge on any atom is -0.430 e. The number of fused-ring (bicyclic) bond motifs is 1. The average Bonchev–Trinajstić information content (AvgIpc) is 3.11. The van der Waals surface area contributed by atoms with Gasteiger partial charge < -0.3 is 19.4 Å². The van der Waals surface area contributed by atoms with Gasteiger partial charge in [0, 0.05) is 25.7 Å². The van der Waals surface area contributed by atoms with Crippen LogP contribution in [0.15, 0.2) is 40.1 Å². The topological polar surface area (TPSA) is 115 Å². The van der Waals surface area contributed by atoms with E-state index in [2.05, 4.69) is 25.3 Å². The number of rotatable bonds is 5. The number of carbonyl (C=O) groups is 1. The number of amides is 1. The average molecular weight is 398 g/mol. The molecule has 4 heterocycles. The largest absolute Gasteiger partial charge is 0.430 e. The molecule has 29 heavy (non-hydrogen) atoms. The summed E-state index contributed by atoms with van der Waals surface area (Å²) in [6, 6.07) is 2.63. The number of nitrogens with one attached hydrogen (secondary N) is 1. The first-order valence-corrected chi connectivity index (χ1v) is 9.45. The SMILES string of the molecule is CC1CN(c2ncnc3c2cnn3CCNC(=O)c2ccc(=O)oc2)CC(C)O1. The van der Waals surface area contributed by atoms with Crippen molar-refractivity contribution in [3.05, 3.63) is 46.9 Å². The molecule has 1 aliphatic rings. The summed E-state index contributed by atoms with van der Waals surface area (Å²) in [5.41, 5.74) is 0.501. The van der Waals surface area contributed by atoms with Crippen LogP contribution in [0.1, 0.15) is 24.2 Å². The molecule has 0 aromatic carbocycles. The van der Waals surface area contributed by atoms with Gasteiger partial charge in [0.2, 0.25) is 0 Å². The van der Waals surface area contributed by atoms with Crippen LogP contribution in [0.25, 0.3) is 11.0 Å². The Balaban J connectivity index is 1.46. The van der Waals surface area contributed by atoms with E-state index < -0.39 is 5.63 Å². The molecule has 0 spiro atoms. The lowest BCUT2D eigenvalue weighted by Gasteiger charge is -2.36. The number of morpholine rings is 1. The molecule has 10 heteroatoms. The van der Waals surface area contributed by atoms with Crippen molar-refractivity contribution in [3.8, 4) is 0 Å². The molecule has 2 atom stereocenters. The molecule has 0 aliphatic carbocycles. The summed E-state index contributed by atoms with van der Waals surface area (Å²) < 4.78 is 12.2. The zero-order chi connectivity index (χ0) is 20.4. The zero-order valence-corrected chi connectivity index (χ0v) is 16.2. The number of hydrogen-bond acceptors (Lipinski definition) is 8. The molecule has 3 aromatic heterocycles. The minimum atomic E-state index is -0.496. The molecule has 152 valence electrons. The summed E-state index contributed by atoms with van der Waals surface area (Å²) in [4.78, 5) is 34.1. The van der Waals surface area contributed by atoms with Gasteiger partial charge in [0.15, 0.2) is 5.65 Å². The number of anilines is 1. The Hall–Kier alpha value is -3.27. The summed E-state index contributed by atoms with van der Waals surface area (Å²) in [6.45, 7) is 6.39. The third-order valence-electron chi connectivity index (χ3n) is 4.70. The number of nitrogens with zero attached hydrogens (tertiary/aromatic N) is 5. The molecule has 0 radical (unpaired) electrons. The molecular formula is C19H22N6O4. The first kappa shape index (κ1) is 19.1. The molecule has 4 rings (SSSR count). The van der Waals surface area contributed by atoms with Crippen LogP contribution in [0.2, 0.25) is 0 Å². The van der Waals surface area contributed by atoms with Crippen LogP contribution in [0.5, 0.6) is 0 Å². The number of hydrogen-bond donors (Lipinski definition) is 1. The fraction of sp³-hybridized carbons (Fsp3) is 0.421. The van der Waals surface area contributed by atoms with E-state index in [1.54, 1.807) is 10.9 Å². The minimum absolute atomic E-state index is 0.122. The summed E-state index contributed by atoms with van der Waals surface area (Å²) in [5.74, 6) is 0.517. The molecule has 1 N–H and O–H groups in total. The number of ether oxygens (including phenoxy) is 1. The van der Waals surface area contributed by atoms with Crippen LogP contribution in [0, 0.1) is 0 Å². The first-order valence-electron chi connectivity index (χ1n) is 9.45. The lowest BCUT2D eigenvalue weighted by atomic mass is 10.2. The second-order valence-corrected chi connectivity index (χ2v) is 7.06. The van der Waals surface area contributed by atoms with Gasteiger partial charge in [0.1, 0.15) is 18.4 Å². The lowest BCUT2D eigenvalue weighted by Crippen LogP contribution is -2.45. The fourth-order valence-electron chi connectivity index (χ4n) is 3.51. The van der Waals surface area contributed by atoms with Crippen LogP contribution in [-0.2, 0) is 11.3 Å². The highest BCUT2D eigenvalue weighted by Gasteiger charge is 2.25. The van der Waals surface area contributed by atoms with Crippen molar-refractivity contribution >= 4 is 22.8 Å². The molecule has 0 saturated carbocycles. The van der Waals surface area contributed by atoms with E-state index >= 15 is 0 Å². The summed E-state index contributed by atoms with van der Waals surface area (Å²) in [6.07, 6.45) is 4.67. The molecule has 3 aromatic rings. The van der Waals surface area contributed by atoms with Crippen LogP contribution < -0.4 is 15.8 Å². The van der Waals surface area contributed by atoms with Crippen LogP contribution in [0.4, 0.5) is 5.82 Å². The Morgan fingerprint density at radius 2 is 2.03 bits per heavy atom. The van der Waals surface area contributed by atoms with E-state index in [9.17, 15) is 9.59 Å². The maximum absolute atomic E-state index is 12.1. The van der Waals surface area contributed by atoms with E-state index in [4.69, 9.17) is 9.15 Å². The molecule has 1 saturated heterocycles. The Morgan fingerprint density at radius 1 is 1.24 bits per heavy atom. The third kappa shape index (κ3) is 4.11. The highest BCUT2D eigenvalue weighted by Crippen LogP contribution is 2.25. The van der Waals surface area contributed by atoms with Crippen molar-refractivity contribution in [2.45, 2.75) is 32.6 Å². The van der Waals surface area contributed by atoms with Crippen molar-refractivity contribution in [1.29, 1.82) is 0 Å². The predicted octanol–water partition coefficient (Wildman–Crippen LogP) is 0.823. The van der Waals surface area contributed by atoms with Gasteiger partial charge in [0.05, 0.1) is 35.9 Å². The van der Waals surface area contributed by atoms with Gasteiger partial charge in [0.25, 0.3) is 5.91 Å². The lowest BCUT2D eigenvalue weighted by molar-refractivity contribution is -0.00537. The zero-order valence-electron chi connectivity index (χ0n) is 16.2. The molecule has 1 amide bonds. The monoisotopic (exact) mass is 398 g/mol. The predicted molar refractivity (Wildman–Crippen MR) is 105 cm³/mol. The van der Waals surface area contributed by atoms with Crippen molar-refractivity contribution in [1.82, 2.24) is 25.1 Å². The maximum atomic E-state index is 12.1. The first-order chi connectivity index (χ1) is 14.0. The van der Waals surface area contributed by atoms with Crippen molar-refractivity contribution < 1.29 is 13.9 Å². The van der Waals surface area contributed by atoms with E-state index in [0.717, 1.165) is 30.6 Å². The number of aromatic nitrogens is 4. The van der Waals surface area contributed by atoms with Gasteiger partial charge in [-0.25, -0.2) is 19.4 Å². The van der Waals surface area contributed by atoms with Crippen LogP contribution in [0.3, 0.4) is 0 Å². The van der Waals surface area contributed by atoms with Crippen molar-refractivity contribution in [3.63, 3.8) is 0 Å². The van der Waals surface area contributed by atoms with Crippen LogP contribution >= 0.6 is 0 Å². The highest BCUT2D eigenvalue weighted by molar-refractivity contribution is 5.93. The molecule has 10 nitrogen and oxygen atoms in total. The Bertz CT molecular complexity index is 1050. The third-order valence-corrected chi connectivity index (χ3v) is 4.70. The molecule has 2 unspecified atom stereocenters. The van der Waals surface area contributed by atoms with Gasteiger partial charge >= 0.3 is 5.63 Å². The van der Waals surface area contributed by atoms with Crippen molar-refractivity contribution in [2.75, 3.05) is 24.5 Å². The van der Waals surface area contributed by atoms with E-state index in [1.807, 2.05) is 13.8 Å². The number of carbonyl (C=O) groups excluding carboxylic acids is 1. The normalized spacial score (nSPS) is 19.4. The van der Waals surface area contributed by atoms with E-state index in [-0.39, 0.29) is 23.7 Å². The summed E-state index contributed by atoms with van der Waals surface area (Å²) >= 11 is 0. The van der Waals surface area contributed by atoms with Gasteiger partial charge in [-0.2, -0.15) is 5.10 Å². The Labute approximate surface area is 166 Å². The summed E-state index contributed by atoms with van der Waals surface area (Å²) in [5, 5.41) is 8.06. The molecule has 0 bridgehead atoms.